The van der Waals surface area contributed by atoms with Crippen LogP contribution in [0.2, 0.25) is 0 Å². The molecule has 1 aromatic rings. The second kappa shape index (κ2) is 2.96. The summed E-state index contributed by atoms with van der Waals surface area (Å²) in [5, 5.41) is 0. The number of hydrogen-bond donors (Lipinski definition) is 1. The number of halogens is 1. The average molecular weight is 243 g/mol. The molecule has 0 aliphatic heterocycles. The molecule has 1 heterocycles. The highest BCUT2D eigenvalue weighted by molar-refractivity contribution is 9.10. The van der Waals surface area contributed by atoms with Crippen LogP contribution in [0, 0.1) is 0 Å². The number of aromatic nitrogens is 1. The van der Waals surface area contributed by atoms with Gasteiger partial charge in [-0.05, 0) is 34.3 Å². The van der Waals surface area contributed by atoms with E-state index in [2.05, 4.69) is 20.9 Å². The third kappa shape index (κ3) is 1.56. The van der Waals surface area contributed by atoms with Gasteiger partial charge in [-0.1, -0.05) is 0 Å². The zero-order chi connectivity index (χ0) is 9.47. The van der Waals surface area contributed by atoms with Crippen LogP contribution in [0.1, 0.15) is 18.4 Å². The summed E-state index contributed by atoms with van der Waals surface area (Å²) in [6, 6.07) is 1.90. The maximum Gasteiger partial charge on any atom is 0.213 e. The number of nitrogens with two attached hydrogens (primary N) is 1. The van der Waals surface area contributed by atoms with Crippen LogP contribution in [0.4, 0.5) is 0 Å². The van der Waals surface area contributed by atoms with Gasteiger partial charge in [-0.2, -0.15) is 0 Å². The van der Waals surface area contributed by atoms with E-state index in [0.717, 1.165) is 22.9 Å². The molecule has 13 heavy (non-hydrogen) atoms. The van der Waals surface area contributed by atoms with Crippen LogP contribution in [-0.4, -0.2) is 12.1 Å². The molecule has 0 radical (unpaired) electrons. The average Bonchev–Trinajstić information content (AvgIpc) is 2.86. The normalized spacial score (nSPS) is 18.4. The summed E-state index contributed by atoms with van der Waals surface area (Å²) >= 11 is 3.44. The van der Waals surface area contributed by atoms with Gasteiger partial charge in [0, 0.05) is 22.3 Å². The van der Waals surface area contributed by atoms with Gasteiger partial charge in [0.2, 0.25) is 5.88 Å². The second-order valence-corrected chi connectivity index (χ2v) is 4.22. The van der Waals surface area contributed by atoms with Gasteiger partial charge in [0.15, 0.2) is 0 Å². The molecule has 0 saturated heterocycles. The SMILES string of the molecule is COc1cc(C2(N)CC2)c(Br)cn1. The fourth-order valence-electron chi connectivity index (χ4n) is 1.32. The first-order valence-corrected chi connectivity index (χ1v) is 4.94. The predicted octanol–water partition coefficient (Wildman–Crippen LogP) is 1.80. The van der Waals surface area contributed by atoms with Crippen molar-refractivity contribution in [2.45, 2.75) is 18.4 Å². The summed E-state index contributed by atoms with van der Waals surface area (Å²) in [6.45, 7) is 0. The van der Waals surface area contributed by atoms with Crippen molar-refractivity contribution in [1.29, 1.82) is 0 Å². The summed E-state index contributed by atoms with van der Waals surface area (Å²) in [5.41, 5.74) is 7.03. The molecule has 1 aliphatic rings. The summed E-state index contributed by atoms with van der Waals surface area (Å²) in [4.78, 5) is 4.07. The highest BCUT2D eigenvalue weighted by Gasteiger charge is 2.41. The van der Waals surface area contributed by atoms with Crippen LogP contribution in [0.15, 0.2) is 16.7 Å². The third-order valence-corrected chi connectivity index (χ3v) is 3.00. The molecule has 0 atom stereocenters. The summed E-state index contributed by atoms with van der Waals surface area (Å²) in [7, 11) is 1.61. The molecule has 0 spiro atoms. The van der Waals surface area contributed by atoms with Crippen molar-refractivity contribution in [3.8, 4) is 5.88 Å². The van der Waals surface area contributed by atoms with E-state index in [1.807, 2.05) is 6.07 Å². The number of pyridine rings is 1. The van der Waals surface area contributed by atoms with Crippen LogP contribution >= 0.6 is 15.9 Å². The molecule has 1 saturated carbocycles. The van der Waals surface area contributed by atoms with Crippen molar-refractivity contribution in [2.75, 3.05) is 7.11 Å². The Morgan fingerprint density at radius 3 is 2.85 bits per heavy atom. The fourth-order valence-corrected chi connectivity index (χ4v) is 1.93. The number of ether oxygens (including phenoxy) is 1. The Hall–Kier alpha value is -0.610. The first-order valence-electron chi connectivity index (χ1n) is 4.14. The van der Waals surface area contributed by atoms with Gasteiger partial charge in [0.05, 0.1) is 7.11 Å². The molecule has 3 nitrogen and oxygen atoms in total. The summed E-state index contributed by atoms with van der Waals surface area (Å²) in [6.07, 6.45) is 3.82. The minimum absolute atomic E-state index is 0.144. The molecule has 0 aromatic carbocycles. The quantitative estimate of drug-likeness (QED) is 0.861. The Morgan fingerprint density at radius 2 is 2.31 bits per heavy atom. The van der Waals surface area contributed by atoms with E-state index in [1.165, 1.54) is 0 Å². The molecular formula is C9H11BrN2O. The topological polar surface area (TPSA) is 48.1 Å². The van der Waals surface area contributed by atoms with E-state index >= 15 is 0 Å². The lowest BCUT2D eigenvalue weighted by molar-refractivity contribution is 0.396. The van der Waals surface area contributed by atoms with Crippen molar-refractivity contribution < 1.29 is 4.74 Å². The smallest absolute Gasteiger partial charge is 0.213 e. The fraction of sp³-hybridized carbons (Fsp3) is 0.444. The first kappa shape index (κ1) is 8.97. The minimum atomic E-state index is -0.144. The van der Waals surface area contributed by atoms with Crippen LogP contribution < -0.4 is 10.5 Å². The Labute approximate surface area is 85.4 Å². The molecule has 70 valence electrons. The molecule has 0 bridgehead atoms. The van der Waals surface area contributed by atoms with E-state index in [4.69, 9.17) is 10.5 Å². The van der Waals surface area contributed by atoms with E-state index in [0.29, 0.717) is 5.88 Å². The van der Waals surface area contributed by atoms with Gasteiger partial charge in [-0.25, -0.2) is 4.98 Å². The van der Waals surface area contributed by atoms with Gasteiger partial charge < -0.3 is 10.5 Å². The zero-order valence-corrected chi connectivity index (χ0v) is 8.97. The maximum absolute atomic E-state index is 6.08. The molecular weight excluding hydrogens is 232 g/mol. The lowest BCUT2D eigenvalue weighted by atomic mass is 10.1. The molecule has 2 rings (SSSR count). The third-order valence-electron chi connectivity index (χ3n) is 2.36. The molecule has 4 heteroatoms. The predicted molar refractivity (Wildman–Crippen MR) is 53.6 cm³/mol. The largest absolute Gasteiger partial charge is 0.481 e. The molecule has 1 aromatic heterocycles. The van der Waals surface area contributed by atoms with Crippen molar-refractivity contribution >= 4 is 15.9 Å². The molecule has 0 unspecified atom stereocenters. The van der Waals surface area contributed by atoms with Crippen LogP contribution in [-0.2, 0) is 5.54 Å². The molecule has 1 aliphatic carbocycles. The Bertz CT molecular complexity index is 336. The van der Waals surface area contributed by atoms with Crippen molar-refractivity contribution in [1.82, 2.24) is 4.98 Å². The first-order chi connectivity index (χ1) is 6.15. The Morgan fingerprint density at radius 1 is 1.62 bits per heavy atom. The van der Waals surface area contributed by atoms with Crippen LogP contribution in [0.25, 0.3) is 0 Å². The monoisotopic (exact) mass is 242 g/mol. The van der Waals surface area contributed by atoms with Crippen molar-refractivity contribution in [3.63, 3.8) is 0 Å². The van der Waals surface area contributed by atoms with Gasteiger partial charge in [0.1, 0.15) is 0 Å². The van der Waals surface area contributed by atoms with E-state index in [-0.39, 0.29) is 5.54 Å². The van der Waals surface area contributed by atoms with E-state index in [1.54, 1.807) is 13.3 Å². The minimum Gasteiger partial charge on any atom is -0.481 e. The number of nitrogens with zero attached hydrogens (tertiary/aromatic N) is 1. The molecule has 0 amide bonds. The second-order valence-electron chi connectivity index (χ2n) is 3.36. The van der Waals surface area contributed by atoms with Gasteiger partial charge in [-0.3, -0.25) is 0 Å². The molecule has 2 N–H and O–H groups in total. The standard InChI is InChI=1S/C9H11BrN2O/c1-13-8-4-6(7(10)5-12-8)9(11)2-3-9/h4-5H,2-3,11H2,1H3. The Kier molecular flexibility index (Phi) is 2.04. The maximum atomic E-state index is 6.08. The van der Waals surface area contributed by atoms with Gasteiger partial charge in [0.25, 0.3) is 0 Å². The molecule has 1 fully saturated rings. The lowest BCUT2D eigenvalue weighted by Crippen LogP contribution is -2.19. The van der Waals surface area contributed by atoms with Crippen LogP contribution in [0.3, 0.4) is 0 Å². The number of rotatable bonds is 2. The van der Waals surface area contributed by atoms with Crippen LogP contribution in [0.5, 0.6) is 5.88 Å². The van der Waals surface area contributed by atoms with E-state index in [9.17, 15) is 0 Å². The van der Waals surface area contributed by atoms with Gasteiger partial charge in [-0.15, -0.1) is 0 Å². The van der Waals surface area contributed by atoms with E-state index < -0.39 is 0 Å². The van der Waals surface area contributed by atoms with Crippen molar-refractivity contribution in [2.24, 2.45) is 5.73 Å². The van der Waals surface area contributed by atoms with Gasteiger partial charge >= 0.3 is 0 Å². The summed E-state index contributed by atoms with van der Waals surface area (Å²) in [5.74, 6) is 0.620. The number of methoxy groups -OCH3 is 1. The highest BCUT2D eigenvalue weighted by Crippen LogP contribution is 2.45. The van der Waals surface area contributed by atoms with Crippen molar-refractivity contribution in [3.05, 3.63) is 22.3 Å². The zero-order valence-electron chi connectivity index (χ0n) is 7.38. The highest BCUT2D eigenvalue weighted by atomic mass is 79.9. The number of hydrogen-bond acceptors (Lipinski definition) is 3. The Balaban J connectivity index is 2.43. The summed E-state index contributed by atoms with van der Waals surface area (Å²) < 4.78 is 6.01. The lowest BCUT2D eigenvalue weighted by Gasteiger charge is -2.11.